The second-order valence-corrected chi connectivity index (χ2v) is 30.3. The van der Waals surface area contributed by atoms with E-state index in [0.29, 0.717) is 37.4 Å². The highest BCUT2D eigenvalue weighted by Crippen LogP contribution is 2.47. The van der Waals surface area contributed by atoms with Crippen molar-refractivity contribution in [2.75, 3.05) is 42.2 Å². The van der Waals surface area contributed by atoms with Gasteiger partial charge in [0.15, 0.2) is 33.9 Å². The highest BCUT2D eigenvalue weighted by atomic mass is 28.4. The van der Waals surface area contributed by atoms with E-state index in [4.69, 9.17) is 46.7 Å². The topological polar surface area (TPSA) is 133 Å². The number of aliphatic hydroxyl groups excluding tert-OH is 1. The lowest BCUT2D eigenvalue weighted by molar-refractivity contribution is -0.363. The van der Waals surface area contributed by atoms with Gasteiger partial charge in [-0.25, -0.2) is 0 Å². The van der Waals surface area contributed by atoms with Gasteiger partial charge in [-0.3, -0.25) is 0 Å². The third kappa shape index (κ3) is 15.2. The van der Waals surface area contributed by atoms with Gasteiger partial charge in [-0.2, -0.15) is 0 Å². The zero-order valence-electron chi connectivity index (χ0n) is 43.2. The van der Waals surface area contributed by atoms with Gasteiger partial charge in [0.1, 0.15) is 11.9 Å². The van der Waals surface area contributed by atoms with Crippen LogP contribution in [-0.4, -0.2) is 118 Å². The molecule has 0 radical (unpaired) electrons. The minimum atomic E-state index is -2.44. The van der Waals surface area contributed by atoms with Crippen LogP contribution >= 0.6 is 0 Å². The number of rotatable bonds is 25. The molecule has 1 fully saturated rings. The van der Waals surface area contributed by atoms with Crippen molar-refractivity contribution in [1.82, 2.24) is 0 Å². The Bertz CT molecular complexity index is 1780. The van der Waals surface area contributed by atoms with Crippen LogP contribution < -0.4 is 14.2 Å². The SMILES string of the molecule is CC#CCC[C@H](O[Si](C)(C)C(C)(C)C)[C@H](C[C@H](OCc1ccc(OC)c(OC)c1)[C@H](O)[C@]1(O)O[C@H](C[C@H](COC)OCc2ccc(OC)cc2)[C@H](C)[C@H](O[Si](C)(C)C(C)(C)C)[C@H]1C)OC. The number of hydrogen-bond acceptors (Lipinski definition) is 12. The lowest BCUT2D eigenvalue weighted by Crippen LogP contribution is -2.67. The molecule has 1 aliphatic rings. The molecule has 370 valence electrons. The molecule has 0 unspecified atom stereocenters. The molecule has 0 saturated carbocycles. The van der Waals surface area contributed by atoms with Crippen LogP contribution in [0.1, 0.15) is 99.1 Å². The molecule has 2 aromatic carbocycles. The molecule has 0 amide bonds. The average Bonchev–Trinajstić information content (AvgIpc) is 3.25. The predicted molar refractivity (Wildman–Crippen MR) is 263 cm³/mol. The van der Waals surface area contributed by atoms with Gasteiger partial charge in [0.05, 0.1) is 77.8 Å². The van der Waals surface area contributed by atoms with E-state index in [1.807, 2.05) is 56.3 Å². The van der Waals surface area contributed by atoms with Gasteiger partial charge >= 0.3 is 0 Å². The minimum absolute atomic E-state index is 0.0762. The Morgan fingerprint density at radius 3 is 1.91 bits per heavy atom. The first-order valence-electron chi connectivity index (χ1n) is 23.2. The predicted octanol–water partition coefficient (Wildman–Crippen LogP) is 9.93. The molecule has 1 aliphatic heterocycles. The van der Waals surface area contributed by atoms with Crippen LogP contribution in [0.5, 0.6) is 17.2 Å². The number of methoxy groups -OCH3 is 5. The van der Waals surface area contributed by atoms with Crippen molar-refractivity contribution in [3.63, 3.8) is 0 Å². The maximum Gasteiger partial charge on any atom is 0.199 e. The van der Waals surface area contributed by atoms with Crippen LogP contribution in [0.2, 0.25) is 36.3 Å². The Hall–Kier alpha value is -2.53. The van der Waals surface area contributed by atoms with E-state index >= 15 is 0 Å². The van der Waals surface area contributed by atoms with Gasteiger partial charge in [0, 0.05) is 45.3 Å². The van der Waals surface area contributed by atoms with Crippen LogP contribution in [0.4, 0.5) is 0 Å². The Balaban J connectivity index is 2.16. The summed E-state index contributed by atoms with van der Waals surface area (Å²) in [4.78, 5) is 0. The van der Waals surface area contributed by atoms with Crippen molar-refractivity contribution in [2.24, 2.45) is 11.8 Å². The second-order valence-electron chi connectivity index (χ2n) is 20.7. The van der Waals surface area contributed by atoms with Crippen molar-refractivity contribution in [3.8, 4) is 29.1 Å². The Morgan fingerprint density at radius 1 is 0.769 bits per heavy atom. The van der Waals surface area contributed by atoms with E-state index < -0.39 is 65.0 Å². The van der Waals surface area contributed by atoms with Crippen LogP contribution in [0.25, 0.3) is 0 Å². The van der Waals surface area contributed by atoms with Crippen molar-refractivity contribution in [2.45, 2.75) is 186 Å². The molecule has 1 saturated heterocycles. The van der Waals surface area contributed by atoms with Crippen LogP contribution in [-0.2, 0) is 45.8 Å². The summed E-state index contributed by atoms with van der Waals surface area (Å²) in [6.45, 7) is 28.6. The number of hydrogen-bond donors (Lipinski definition) is 2. The summed E-state index contributed by atoms with van der Waals surface area (Å²) in [5, 5.41) is 26.0. The fourth-order valence-electron chi connectivity index (χ4n) is 7.82. The van der Waals surface area contributed by atoms with Gasteiger partial charge in [-0.1, -0.05) is 73.6 Å². The standard InChI is InChI=1S/C51H86O12Si2/c1-19-20-21-22-42(62-64(15,16)49(4,5)6)45(58-14)31-46(60-33-38-25-28-41(56-12)44(29-38)57-13)48(52)51(53)36(3)47(63-65(17,18)50(7,8)9)35(2)43(61-51)30-40(34-54-10)59-32-37-23-26-39(55-11)27-24-37/h23-29,35-36,40,42-43,45-48,52-53H,21-22,30-34H2,1-18H3/t35-,36+,40+,42-,43+,45-,46-,47-,48-,51+/m0/s1. The summed E-state index contributed by atoms with van der Waals surface area (Å²) in [7, 11) is 3.35. The highest BCUT2D eigenvalue weighted by Gasteiger charge is 2.59. The Morgan fingerprint density at radius 2 is 1.37 bits per heavy atom. The molecule has 14 heteroatoms. The van der Waals surface area contributed by atoms with Gasteiger partial charge < -0.3 is 57.0 Å². The van der Waals surface area contributed by atoms with E-state index in [1.54, 1.807) is 35.5 Å². The molecule has 2 aromatic rings. The van der Waals surface area contributed by atoms with E-state index in [1.165, 1.54) is 0 Å². The largest absolute Gasteiger partial charge is 0.497 e. The fourth-order valence-corrected chi connectivity index (χ4v) is 10.7. The van der Waals surface area contributed by atoms with Crippen molar-refractivity contribution >= 4 is 16.6 Å². The smallest absolute Gasteiger partial charge is 0.199 e. The molecule has 10 atom stereocenters. The summed E-state index contributed by atoms with van der Waals surface area (Å²) in [5.41, 5.74) is 1.76. The molecule has 0 bridgehead atoms. The molecule has 12 nitrogen and oxygen atoms in total. The van der Waals surface area contributed by atoms with Crippen molar-refractivity contribution in [1.29, 1.82) is 0 Å². The summed E-state index contributed by atoms with van der Waals surface area (Å²) >= 11 is 0. The van der Waals surface area contributed by atoms with E-state index in [-0.39, 0.29) is 41.7 Å². The average molecular weight is 947 g/mol. The molecule has 0 aliphatic carbocycles. The first-order valence-corrected chi connectivity index (χ1v) is 29.1. The van der Waals surface area contributed by atoms with E-state index in [9.17, 15) is 10.2 Å². The quantitative estimate of drug-likeness (QED) is 0.0726. The molecule has 3 rings (SSSR count). The molecular formula is C51H86O12Si2. The van der Waals surface area contributed by atoms with Gasteiger partial charge in [0.25, 0.3) is 0 Å². The zero-order chi connectivity index (χ0) is 49.0. The molecular weight excluding hydrogens is 861 g/mol. The number of benzene rings is 2. The van der Waals surface area contributed by atoms with Crippen LogP contribution in [0, 0.1) is 23.7 Å². The third-order valence-corrected chi connectivity index (χ3v) is 23.2. The zero-order valence-corrected chi connectivity index (χ0v) is 45.2. The first-order chi connectivity index (χ1) is 30.3. The minimum Gasteiger partial charge on any atom is -0.497 e. The Labute approximate surface area is 394 Å². The van der Waals surface area contributed by atoms with Gasteiger partial charge in [-0.05, 0) is 85.0 Å². The highest BCUT2D eigenvalue weighted by molar-refractivity contribution is 6.74. The second kappa shape index (κ2) is 24.7. The third-order valence-electron chi connectivity index (χ3n) is 14.2. The van der Waals surface area contributed by atoms with E-state index in [0.717, 1.165) is 16.9 Å². The normalized spacial score (nSPS) is 23.1. The van der Waals surface area contributed by atoms with Crippen LogP contribution in [0.3, 0.4) is 0 Å². The van der Waals surface area contributed by atoms with E-state index in [2.05, 4.69) is 86.5 Å². The lowest BCUT2D eigenvalue weighted by Gasteiger charge is -2.55. The Kier molecular flexibility index (Phi) is 21.6. The maximum absolute atomic E-state index is 13.3. The number of ether oxygens (including phenoxy) is 8. The monoisotopic (exact) mass is 947 g/mol. The first kappa shape index (κ1) is 56.8. The number of aliphatic hydroxyl groups is 2. The molecule has 2 N–H and O–H groups in total. The maximum atomic E-state index is 13.3. The summed E-state index contributed by atoms with van der Waals surface area (Å²) in [6, 6.07) is 13.3. The molecule has 65 heavy (non-hydrogen) atoms. The fraction of sp³-hybridized carbons (Fsp3) is 0.725. The van der Waals surface area contributed by atoms with Crippen LogP contribution in [0.15, 0.2) is 42.5 Å². The van der Waals surface area contributed by atoms with Crippen molar-refractivity contribution < 1.29 is 57.0 Å². The lowest BCUT2D eigenvalue weighted by atomic mass is 9.76. The summed E-state index contributed by atoms with van der Waals surface area (Å²) in [6.07, 6.45) is -3.25. The van der Waals surface area contributed by atoms with Gasteiger partial charge in [0.2, 0.25) is 0 Å². The summed E-state index contributed by atoms with van der Waals surface area (Å²) < 4.78 is 63.0. The van der Waals surface area contributed by atoms with Crippen molar-refractivity contribution in [3.05, 3.63) is 53.6 Å². The molecule has 0 spiro atoms. The molecule has 1 heterocycles. The van der Waals surface area contributed by atoms with Gasteiger partial charge in [-0.15, -0.1) is 11.8 Å². The molecule has 0 aromatic heterocycles. The summed E-state index contributed by atoms with van der Waals surface area (Å²) in [5.74, 6) is 5.10.